The molecule has 9 nitrogen and oxygen atoms in total. The molecule has 0 bridgehead atoms. The number of fused-ring (bicyclic) bond motifs is 1. The monoisotopic (exact) mass is 362 g/mol. The average molecular weight is 362 g/mol. The molecule has 1 N–H and O–H groups in total. The topological polar surface area (TPSA) is 100 Å². The van der Waals surface area contributed by atoms with Crippen LogP contribution in [0, 0.1) is 0 Å². The van der Waals surface area contributed by atoms with Crippen LogP contribution >= 0.6 is 0 Å². The first-order chi connectivity index (χ1) is 12.5. The number of hydrogen-bond donors (Lipinski definition) is 1. The fraction of sp³-hybridized carbons (Fsp3) is 0.706. The van der Waals surface area contributed by atoms with Crippen LogP contribution < -0.4 is 5.32 Å². The van der Waals surface area contributed by atoms with E-state index in [0.717, 1.165) is 37.5 Å². The van der Waals surface area contributed by atoms with E-state index in [1.54, 1.807) is 7.05 Å². The van der Waals surface area contributed by atoms with Crippen molar-refractivity contribution in [2.75, 3.05) is 20.1 Å². The van der Waals surface area contributed by atoms with Crippen molar-refractivity contribution in [2.45, 2.75) is 58.0 Å². The van der Waals surface area contributed by atoms with Gasteiger partial charge in [0.2, 0.25) is 11.8 Å². The van der Waals surface area contributed by atoms with Crippen molar-refractivity contribution in [3.05, 3.63) is 11.6 Å². The van der Waals surface area contributed by atoms with Crippen LogP contribution in [-0.2, 0) is 22.6 Å². The normalized spacial score (nSPS) is 18.7. The van der Waals surface area contributed by atoms with Crippen molar-refractivity contribution < 1.29 is 14.4 Å². The van der Waals surface area contributed by atoms with Gasteiger partial charge in [-0.1, -0.05) is 6.42 Å². The minimum Gasteiger partial charge on any atom is -0.346 e. The Kier molecular flexibility index (Phi) is 5.53. The first-order valence-electron chi connectivity index (χ1n) is 9.24. The molecule has 142 valence electrons. The van der Waals surface area contributed by atoms with Crippen LogP contribution in [0.1, 0.15) is 56.7 Å². The van der Waals surface area contributed by atoms with Crippen LogP contribution in [-0.4, -0.2) is 62.5 Å². The summed E-state index contributed by atoms with van der Waals surface area (Å²) in [5.41, 5.74) is 0. The average Bonchev–Trinajstić information content (AvgIpc) is 2.99. The van der Waals surface area contributed by atoms with E-state index in [-0.39, 0.29) is 43.4 Å². The fourth-order valence-electron chi connectivity index (χ4n) is 3.49. The molecule has 1 saturated heterocycles. The Balaban J connectivity index is 1.48. The highest BCUT2D eigenvalue weighted by atomic mass is 16.2. The van der Waals surface area contributed by atoms with Crippen molar-refractivity contribution in [3.63, 3.8) is 0 Å². The van der Waals surface area contributed by atoms with Gasteiger partial charge in [-0.3, -0.25) is 14.5 Å². The molecule has 3 heterocycles. The molecule has 26 heavy (non-hydrogen) atoms. The summed E-state index contributed by atoms with van der Waals surface area (Å²) in [6, 6.07) is -0.516. The largest absolute Gasteiger partial charge is 0.346 e. The molecule has 2 aliphatic rings. The van der Waals surface area contributed by atoms with E-state index in [1.165, 1.54) is 16.2 Å². The molecule has 0 saturated carbocycles. The van der Waals surface area contributed by atoms with Gasteiger partial charge in [0.15, 0.2) is 5.82 Å². The number of hydrogen-bond acceptors (Lipinski definition) is 5. The molecule has 1 atom stereocenters. The minimum atomic E-state index is -0.296. The summed E-state index contributed by atoms with van der Waals surface area (Å²) >= 11 is 0. The van der Waals surface area contributed by atoms with Crippen molar-refractivity contribution in [1.82, 2.24) is 29.9 Å². The third kappa shape index (κ3) is 3.86. The molecular formula is C17H26N6O3. The molecule has 0 unspecified atom stereocenters. The van der Waals surface area contributed by atoms with Gasteiger partial charge >= 0.3 is 6.03 Å². The Morgan fingerprint density at radius 1 is 1.23 bits per heavy atom. The van der Waals surface area contributed by atoms with E-state index >= 15 is 0 Å². The van der Waals surface area contributed by atoms with Crippen LogP contribution in [0.5, 0.6) is 0 Å². The number of amides is 4. The van der Waals surface area contributed by atoms with Gasteiger partial charge in [-0.2, -0.15) is 0 Å². The number of rotatable bonds is 6. The van der Waals surface area contributed by atoms with Crippen molar-refractivity contribution in [3.8, 4) is 0 Å². The maximum Gasteiger partial charge on any atom is 0.326 e. The number of carbonyl (C=O) groups is 3. The molecule has 1 fully saturated rings. The van der Waals surface area contributed by atoms with E-state index in [4.69, 9.17) is 0 Å². The standard InChI is InChI=1S/C17H26N6O3/c1-12(16-20-19-13-7-4-3-5-9-22(13)16)18-14(24)8-6-10-23-15(25)11-21(2)17(23)26/h12H,3-11H2,1-2H3,(H,18,24)/t12-/m0/s1. The molecule has 0 spiro atoms. The SMILES string of the molecule is C[C@H](NC(=O)CCCN1C(=O)CN(C)C1=O)c1nnc2n1CCCCC2. The van der Waals surface area contributed by atoms with Crippen molar-refractivity contribution in [1.29, 1.82) is 0 Å². The molecule has 4 amide bonds. The Hall–Kier alpha value is -2.45. The van der Waals surface area contributed by atoms with Crippen LogP contribution in [0.15, 0.2) is 0 Å². The first kappa shape index (κ1) is 18.3. The summed E-state index contributed by atoms with van der Waals surface area (Å²) in [5, 5.41) is 11.5. The summed E-state index contributed by atoms with van der Waals surface area (Å²) in [6.45, 7) is 3.18. The zero-order valence-corrected chi connectivity index (χ0v) is 15.4. The maximum absolute atomic E-state index is 12.2. The molecule has 0 aromatic carbocycles. The predicted molar refractivity (Wildman–Crippen MR) is 93.1 cm³/mol. The molecule has 0 radical (unpaired) electrons. The Morgan fingerprint density at radius 3 is 2.77 bits per heavy atom. The first-order valence-corrected chi connectivity index (χ1v) is 9.24. The maximum atomic E-state index is 12.2. The lowest BCUT2D eigenvalue weighted by Crippen LogP contribution is -2.34. The van der Waals surface area contributed by atoms with Gasteiger partial charge in [-0.05, 0) is 26.2 Å². The highest BCUT2D eigenvalue weighted by Gasteiger charge is 2.33. The Labute approximate surface area is 152 Å². The summed E-state index contributed by atoms with van der Waals surface area (Å²) in [7, 11) is 1.59. The number of aryl methyl sites for hydroxylation is 1. The van der Waals surface area contributed by atoms with E-state index < -0.39 is 0 Å². The molecule has 1 aromatic rings. The summed E-state index contributed by atoms with van der Waals surface area (Å²) in [5.74, 6) is 1.46. The van der Waals surface area contributed by atoms with Gasteiger partial charge in [0, 0.05) is 33.0 Å². The van der Waals surface area contributed by atoms with Gasteiger partial charge < -0.3 is 14.8 Å². The second-order valence-electron chi connectivity index (χ2n) is 7.01. The molecule has 3 rings (SSSR count). The summed E-state index contributed by atoms with van der Waals surface area (Å²) in [6.07, 6.45) is 5.05. The van der Waals surface area contributed by atoms with Gasteiger partial charge in [0.05, 0.1) is 6.04 Å². The van der Waals surface area contributed by atoms with E-state index in [1.807, 2.05) is 6.92 Å². The minimum absolute atomic E-state index is 0.111. The molecule has 9 heteroatoms. The number of aromatic nitrogens is 3. The van der Waals surface area contributed by atoms with Crippen molar-refractivity contribution in [2.24, 2.45) is 0 Å². The van der Waals surface area contributed by atoms with Crippen molar-refractivity contribution >= 4 is 17.8 Å². The molecule has 2 aliphatic heterocycles. The predicted octanol–water partition coefficient (Wildman–Crippen LogP) is 0.856. The van der Waals surface area contributed by atoms with Gasteiger partial charge in [0.25, 0.3) is 0 Å². The van der Waals surface area contributed by atoms with E-state index in [0.29, 0.717) is 6.42 Å². The summed E-state index contributed by atoms with van der Waals surface area (Å²) in [4.78, 5) is 38.3. The van der Waals surface area contributed by atoms with Crippen LogP contribution in [0.3, 0.4) is 0 Å². The van der Waals surface area contributed by atoms with E-state index in [2.05, 4.69) is 20.1 Å². The quantitative estimate of drug-likeness (QED) is 0.757. The van der Waals surface area contributed by atoms with Gasteiger partial charge in [-0.15, -0.1) is 10.2 Å². The second-order valence-corrected chi connectivity index (χ2v) is 7.01. The third-order valence-electron chi connectivity index (χ3n) is 4.92. The lowest BCUT2D eigenvalue weighted by molar-refractivity contribution is -0.126. The molecule has 0 aliphatic carbocycles. The van der Waals surface area contributed by atoms with Crippen LogP contribution in [0.2, 0.25) is 0 Å². The zero-order chi connectivity index (χ0) is 18.7. The number of urea groups is 1. The smallest absolute Gasteiger partial charge is 0.326 e. The number of likely N-dealkylation sites (N-methyl/N-ethyl adjacent to an activating group) is 1. The summed E-state index contributed by atoms with van der Waals surface area (Å²) < 4.78 is 2.12. The fourth-order valence-corrected chi connectivity index (χ4v) is 3.49. The highest BCUT2D eigenvalue weighted by molar-refractivity contribution is 6.01. The third-order valence-corrected chi connectivity index (χ3v) is 4.92. The lowest BCUT2D eigenvalue weighted by atomic mass is 10.2. The zero-order valence-electron chi connectivity index (χ0n) is 15.4. The highest BCUT2D eigenvalue weighted by Crippen LogP contribution is 2.18. The Bertz CT molecular complexity index is 701. The number of imide groups is 1. The second kappa shape index (κ2) is 7.84. The molecular weight excluding hydrogens is 336 g/mol. The van der Waals surface area contributed by atoms with Gasteiger partial charge in [0.1, 0.15) is 12.4 Å². The number of nitrogens with one attached hydrogen (secondary N) is 1. The van der Waals surface area contributed by atoms with E-state index in [9.17, 15) is 14.4 Å². The van der Waals surface area contributed by atoms with Gasteiger partial charge in [-0.25, -0.2) is 4.79 Å². The number of nitrogens with zero attached hydrogens (tertiary/aromatic N) is 5. The lowest BCUT2D eigenvalue weighted by Gasteiger charge is -2.16. The molecule has 1 aromatic heterocycles. The van der Waals surface area contributed by atoms with Crippen LogP contribution in [0.4, 0.5) is 4.79 Å². The van der Waals surface area contributed by atoms with Crippen LogP contribution in [0.25, 0.3) is 0 Å². The Morgan fingerprint density at radius 2 is 2.04 bits per heavy atom. The number of carbonyl (C=O) groups excluding carboxylic acids is 3.